The monoisotopic (exact) mass is 165 g/mol. The van der Waals surface area contributed by atoms with E-state index in [9.17, 15) is 4.79 Å². The van der Waals surface area contributed by atoms with Crippen LogP contribution < -0.4 is 5.43 Å². The van der Waals surface area contributed by atoms with Gasteiger partial charge in [0.05, 0.1) is 6.54 Å². The molecular formula is C8H11N3O. The van der Waals surface area contributed by atoms with Crippen LogP contribution in [0.3, 0.4) is 0 Å². The fourth-order valence-electron chi connectivity index (χ4n) is 0.928. The highest BCUT2D eigenvalue weighted by atomic mass is 16.1. The average molecular weight is 165 g/mol. The first-order chi connectivity index (χ1) is 5.77. The van der Waals surface area contributed by atoms with Gasteiger partial charge in [-0.15, -0.1) is 0 Å². The standard InChI is InChI=1S/C8H11N3O/c1-2-7-8(12)3-5-11(10-7)6-4-9/h3-5,9H,2,6H2,1H3. The summed E-state index contributed by atoms with van der Waals surface area (Å²) in [6, 6.07) is 1.48. The van der Waals surface area contributed by atoms with Crippen LogP contribution in [-0.2, 0) is 13.0 Å². The quantitative estimate of drug-likeness (QED) is 0.661. The van der Waals surface area contributed by atoms with Crippen molar-refractivity contribution >= 4 is 6.21 Å². The summed E-state index contributed by atoms with van der Waals surface area (Å²) in [5.41, 5.74) is 0.526. The molecule has 0 spiro atoms. The minimum atomic E-state index is -0.0290. The third kappa shape index (κ3) is 1.78. The van der Waals surface area contributed by atoms with Gasteiger partial charge in [0.25, 0.3) is 0 Å². The Bertz CT molecular complexity index is 329. The van der Waals surface area contributed by atoms with Crippen molar-refractivity contribution in [2.24, 2.45) is 0 Å². The largest absolute Gasteiger partial charge is 0.311 e. The first kappa shape index (κ1) is 8.64. The number of aryl methyl sites for hydroxylation is 1. The maximum atomic E-state index is 11.1. The van der Waals surface area contributed by atoms with Crippen molar-refractivity contribution in [3.05, 3.63) is 28.2 Å². The molecule has 0 aliphatic rings. The zero-order chi connectivity index (χ0) is 8.97. The molecule has 0 aliphatic carbocycles. The molecule has 0 saturated carbocycles. The van der Waals surface area contributed by atoms with Crippen LogP contribution >= 0.6 is 0 Å². The summed E-state index contributed by atoms with van der Waals surface area (Å²) in [7, 11) is 0. The highest BCUT2D eigenvalue weighted by Crippen LogP contribution is 1.86. The molecule has 0 bridgehead atoms. The molecule has 0 fully saturated rings. The van der Waals surface area contributed by atoms with E-state index < -0.39 is 0 Å². The van der Waals surface area contributed by atoms with E-state index in [1.54, 1.807) is 10.9 Å². The van der Waals surface area contributed by atoms with Crippen molar-refractivity contribution in [3.8, 4) is 0 Å². The maximum absolute atomic E-state index is 11.1. The van der Waals surface area contributed by atoms with E-state index in [0.717, 1.165) is 0 Å². The van der Waals surface area contributed by atoms with Gasteiger partial charge in [-0.05, 0) is 6.42 Å². The van der Waals surface area contributed by atoms with Crippen molar-refractivity contribution in [3.63, 3.8) is 0 Å². The molecule has 1 heterocycles. The average Bonchev–Trinajstić information content (AvgIpc) is 2.09. The number of nitrogens with zero attached hydrogens (tertiary/aromatic N) is 2. The number of hydrogen-bond acceptors (Lipinski definition) is 3. The van der Waals surface area contributed by atoms with Crippen LogP contribution in [0.4, 0.5) is 0 Å². The summed E-state index contributed by atoms with van der Waals surface area (Å²) < 4.78 is 1.58. The van der Waals surface area contributed by atoms with Crippen LogP contribution in [0.25, 0.3) is 0 Å². The molecule has 0 amide bonds. The summed E-state index contributed by atoms with van der Waals surface area (Å²) >= 11 is 0. The van der Waals surface area contributed by atoms with Crippen LogP contribution in [0.15, 0.2) is 17.1 Å². The lowest BCUT2D eigenvalue weighted by Gasteiger charge is -2.01. The van der Waals surface area contributed by atoms with Gasteiger partial charge >= 0.3 is 0 Å². The van der Waals surface area contributed by atoms with Gasteiger partial charge in [0.1, 0.15) is 5.69 Å². The number of aromatic nitrogens is 2. The Kier molecular flexibility index (Phi) is 2.74. The molecule has 12 heavy (non-hydrogen) atoms. The molecule has 1 aromatic heterocycles. The second-order valence-corrected chi connectivity index (χ2v) is 2.41. The zero-order valence-corrected chi connectivity index (χ0v) is 6.95. The van der Waals surface area contributed by atoms with E-state index in [1.807, 2.05) is 6.92 Å². The van der Waals surface area contributed by atoms with Gasteiger partial charge in [-0.1, -0.05) is 6.92 Å². The molecule has 0 atom stereocenters. The molecule has 1 aromatic rings. The Morgan fingerprint density at radius 3 is 3.08 bits per heavy atom. The molecule has 0 aliphatic heterocycles. The third-order valence-electron chi connectivity index (χ3n) is 1.54. The summed E-state index contributed by atoms with van der Waals surface area (Å²) in [6.45, 7) is 2.31. The Hall–Kier alpha value is -1.45. The van der Waals surface area contributed by atoms with E-state index in [0.29, 0.717) is 18.7 Å². The van der Waals surface area contributed by atoms with Gasteiger partial charge in [-0.3, -0.25) is 9.48 Å². The second-order valence-electron chi connectivity index (χ2n) is 2.41. The molecule has 0 saturated heterocycles. The second kappa shape index (κ2) is 3.80. The van der Waals surface area contributed by atoms with Gasteiger partial charge in [-0.25, -0.2) is 0 Å². The minimum absolute atomic E-state index is 0.0290. The molecule has 0 aromatic carbocycles. The fourth-order valence-corrected chi connectivity index (χ4v) is 0.928. The number of hydrogen-bond donors (Lipinski definition) is 1. The summed E-state index contributed by atoms with van der Waals surface area (Å²) in [5.74, 6) is 0. The predicted octanol–water partition coefficient (Wildman–Crippen LogP) is 0.455. The topological polar surface area (TPSA) is 58.7 Å². The smallest absolute Gasteiger partial charge is 0.203 e. The molecule has 0 radical (unpaired) electrons. The van der Waals surface area contributed by atoms with Gasteiger partial charge in [0.2, 0.25) is 5.43 Å². The number of nitrogens with one attached hydrogen (secondary N) is 1. The summed E-state index contributed by atoms with van der Waals surface area (Å²) in [6.07, 6.45) is 3.47. The highest BCUT2D eigenvalue weighted by Gasteiger charge is 1.97. The van der Waals surface area contributed by atoms with E-state index in [1.165, 1.54) is 12.3 Å². The van der Waals surface area contributed by atoms with Gasteiger partial charge in [-0.2, -0.15) is 5.10 Å². The SMILES string of the molecule is CCc1nn(CC=N)ccc1=O. The van der Waals surface area contributed by atoms with Crippen LogP contribution in [0.5, 0.6) is 0 Å². The first-order valence-corrected chi connectivity index (χ1v) is 3.83. The molecule has 4 nitrogen and oxygen atoms in total. The maximum Gasteiger partial charge on any atom is 0.203 e. The van der Waals surface area contributed by atoms with Crippen LogP contribution in [0.2, 0.25) is 0 Å². The van der Waals surface area contributed by atoms with E-state index >= 15 is 0 Å². The van der Waals surface area contributed by atoms with Gasteiger partial charge in [0.15, 0.2) is 0 Å². The lowest BCUT2D eigenvalue weighted by atomic mass is 10.3. The van der Waals surface area contributed by atoms with Crippen molar-refractivity contribution in [1.82, 2.24) is 9.78 Å². The van der Waals surface area contributed by atoms with Crippen LogP contribution in [-0.4, -0.2) is 16.0 Å². The van der Waals surface area contributed by atoms with Crippen molar-refractivity contribution in [1.29, 1.82) is 5.41 Å². The van der Waals surface area contributed by atoms with Gasteiger partial charge < -0.3 is 5.41 Å². The fraction of sp³-hybridized carbons (Fsp3) is 0.375. The summed E-state index contributed by atoms with van der Waals surface area (Å²) in [5, 5.41) is 10.9. The third-order valence-corrected chi connectivity index (χ3v) is 1.54. The minimum Gasteiger partial charge on any atom is -0.311 e. The first-order valence-electron chi connectivity index (χ1n) is 3.83. The Balaban J connectivity index is 3.04. The Morgan fingerprint density at radius 2 is 2.50 bits per heavy atom. The molecule has 1 rings (SSSR count). The van der Waals surface area contributed by atoms with E-state index in [-0.39, 0.29) is 5.43 Å². The van der Waals surface area contributed by atoms with Crippen LogP contribution in [0, 0.1) is 5.41 Å². The predicted molar refractivity (Wildman–Crippen MR) is 46.7 cm³/mol. The van der Waals surface area contributed by atoms with Crippen molar-refractivity contribution in [2.75, 3.05) is 0 Å². The normalized spacial score (nSPS) is 9.75. The van der Waals surface area contributed by atoms with Crippen molar-refractivity contribution < 1.29 is 0 Å². The highest BCUT2D eigenvalue weighted by molar-refractivity contribution is 5.52. The van der Waals surface area contributed by atoms with E-state index in [2.05, 4.69) is 5.10 Å². The Labute approximate surface area is 70.4 Å². The lowest BCUT2D eigenvalue weighted by molar-refractivity contribution is 0.674. The van der Waals surface area contributed by atoms with Gasteiger partial charge in [0, 0.05) is 18.5 Å². The zero-order valence-electron chi connectivity index (χ0n) is 6.95. The molecule has 1 N–H and O–H groups in total. The molecule has 4 heteroatoms. The summed E-state index contributed by atoms with van der Waals surface area (Å²) in [4.78, 5) is 11.1. The van der Waals surface area contributed by atoms with Crippen LogP contribution in [0.1, 0.15) is 12.6 Å². The van der Waals surface area contributed by atoms with Crippen molar-refractivity contribution in [2.45, 2.75) is 19.9 Å². The Morgan fingerprint density at radius 1 is 1.75 bits per heavy atom. The van der Waals surface area contributed by atoms with E-state index in [4.69, 9.17) is 5.41 Å². The molecule has 0 unspecified atom stereocenters. The lowest BCUT2D eigenvalue weighted by Crippen LogP contribution is -2.16. The number of rotatable bonds is 3. The molecule has 64 valence electrons. The molecular weight excluding hydrogens is 154 g/mol.